The van der Waals surface area contributed by atoms with Gasteiger partial charge in [0, 0.05) is 19.2 Å². The molecular formula is C9H10N2O. The first kappa shape index (κ1) is 7.16. The smallest absolute Gasteiger partial charge is 0.115 e. The third kappa shape index (κ3) is 1.25. The van der Waals surface area contributed by atoms with Gasteiger partial charge in [0.1, 0.15) is 5.75 Å². The number of phenols is 1. The molecule has 0 spiro atoms. The summed E-state index contributed by atoms with van der Waals surface area (Å²) in [5.41, 5.74) is 1.03. The molecule has 3 nitrogen and oxygen atoms in total. The molecule has 0 unspecified atom stereocenters. The Hall–Kier alpha value is -1.51. The molecule has 1 aliphatic rings. The van der Waals surface area contributed by atoms with Crippen molar-refractivity contribution in [2.45, 2.75) is 6.42 Å². The third-order valence-corrected chi connectivity index (χ3v) is 1.84. The van der Waals surface area contributed by atoms with Crippen molar-refractivity contribution < 1.29 is 5.11 Å². The van der Waals surface area contributed by atoms with Gasteiger partial charge in [-0.1, -0.05) is 0 Å². The maximum Gasteiger partial charge on any atom is 0.115 e. The summed E-state index contributed by atoms with van der Waals surface area (Å²) in [4.78, 5) is 0. The number of phenolic OH excluding ortho intramolecular Hbond substituents is 1. The van der Waals surface area contributed by atoms with E-state index in [1.165, 1.54) is 0 Å². The van der Waals surface area contributed by atoms with Crippen LogP contribution in [0.25, 0.3) is 0 Å². The highest BCUT2D eigenvalue weighted by molar-refractivity contribution is 5.65. The molecule has 12 heavy (non-hydrogen) atoms. The van der Waals surface area contributed by atoms with E-state index < -0.39 is 0 Å². The summed E-state index contributed by atoms with van der Waals surface area (Å²) in [6.07, 6.45) is 2.90. The first-order valence-electron chi connectivity index (χ1n) is 3.95. The zero-order valence-corrected chi connectivity index (χ0v) is 6.64. The quantitative estimate of drug-likeness (QED) is 0.680. The number of hydrazone groups is 1. The van der Waals surface area contributed by atoms with E-state index in [1.807, 2.05) is 23.4 Å². The van der Waals surface area contributed by atoms with Gasteiger partial charge in [0.2, 0.25) is 0 Å². The molecule has 1 aliphatic heterocycles. The molecule has 1 N–H and O–H groups in total. The second-order valence-corrected chi connectivity index (χ2v) is 2.73. The highest BCUT2D eigenvalue weighted by Gasteiger charge is 2.07. The van der Waals surface area contributed by atoms with Gasteiger partial charge in [-0.2, -0.15) is 5.10 Å². The average Bonchev–Trinajstić information content (AvgIpc) is 2.58. The lowest BCUT2D eigenvalue weighted by atomic mass is 10.3. The average molecular weight is 162 g/mol. The summed E-state index contributed by atoms with van der Waals surface area (Å²) in [5, 5.41) is 15.1. The third-order valence-electron chi connectivity index (χ3n) is 1.84. The molecule has 0 fully saturated rings. The Morgan fingerprint density at radius 1 is 1.25 bits per heavy atom. The van der Waals surface area contributed by atoms with Crippen molar-refractivity contribution in [3.8, 4) is 5.75 Å². The minimum atomic E-state index is 0.293. The summed E-state index contributed by atoms with van der Waals surface area (Å²) in [6.45, 7) is 0.935. The van der Waals surface area contributed by atoms with Crippen molar-refractivity contribution in [2.75, 3.05) is 11.6 Å². The molecule has 62 valence electrons. The monoisotopic (exact) mass is 162 g/mol. The van der Waals surface area contributed by atoms with Gasteiger partial charge in [0.15, 0.2) is 0 Å². The van der Waals surface area contributed by atoms with Crippen LogP contribution in [0.15, 0.2) is 29.4 Å². The van der Waals surface area contributed by atoms with E-state index >= 15 is 0 Å². The fourth-order valence-corrected chi connectivity index (χ4v) is 1.21. The zero-order chi connectivity index (χ0) is 8.39. The Labute approximate surface area is 70.9 Å². The van der Waals surface area contributed by atoms with E-state index in [2.05, 4.69) is 5.10 Å². The summed E-state index contributed by atoms with van der Waals surface area (Å²) < 4.78 is 0. The van der Waals surface area contributed by atoms with Crippen LogP contribution >= 0.6 is 0 Å². The number of hydrogen-bond acceptors (Lipinski definition) is 3. The van der Waals surface area contributed by atoms with Gasteiger partial charge in [0.05, 0.1) is 5.69 Å². The minimum absolute atomic E-state index is 0.293. The minimum Gasteiger partial charge on any atom is -0.508 e. The molecule has 0 saturated heterocycles. The molecule has 3 heteroatoms. The number of rotatable bonds is 1. The molecule has 0 bridgehead atoms. The summed E-state index contributed by atoms with van der Waals surface area (Å²) in [6, 6.07) is 7.06. The van der Waals surface area contributed by atoms with Gasteiger partial charge in [-0.15, -0.1) is 0 Å². The second-order valence-electron chi connectivity index (χ2n) is 2.73. The van der Waals surface area contributed by atoms with Gasteiger partial charge < -0.3 is 5.11 Å². The van der Waals surface area contributed by atoms with Crippen molar-refractivity contribution in [3.63, 3.8) is 0 Å². The van der Waals surface area contributed by atoms with E-state index in [1.54, 1.807) is 12.1 Å². The number of aromatic hydroxyl groups is 1. The maximum atomic E-state index is 9.04. The van der Waals surface area contributed by atoms with E-state index in [4.69, 9.17) is 5.11 Å². The predicted octanol–water partition coefficient (Wildman–Crippen LogP) is 1.59. The lowest BCUT2D eigenvalue weighted by Gasteiger charge is -2.12. The van der Waals surface area contributed by atoms with Gasteiger partial charge in [-0.3, -0.25) is 5.01 Å². The van der Waals surface area contributed by atoms with Crippen molar-refractivity contribution in [3.05, 3.63) is 24.3 Å². The van der Waals surface area contributed by atoms with Crippen molar-refractivity contribution >= 4 is 11.9 Å². The van der Waals surface area contributed by atoms with Crippen LogP contribution in [0.1, 0.15) is 6.42 Å². The van der Waals surface area contributed by atoms with Crippen LogP contribution in [0.2, 0.25) is 0 Å². The lowest BCUT2D eigenvalue weighted by Crippen LogP contribution is -2.11. The Morgan fingerprint density at radius 3 is 2.58 bits per heavy atom. The fraction of sp³-hybridized carbons (Fsp3) is 0.222. The topological polar surface area (TPSA) is 35.8 Å². The first-order valence-corrected chi connectivity index (χ1v) is 3.95. The normalized spacial score (nSPS) is 15.5. The lowest BCUT2D eigenvalue weighted by molar-refractivity contribution is 0.475. The molecule has 0 aliphatic carbocycles. The maximum absolute atomic E-state index is 9.04. The second kappa shape index (κ2) is 2.85. The van der Waals surface area contributed by atoms with Gasteiger partial charge in [0.25, 0.3) is 0 Å². The number of nitrogens with zero attached hydrogens (tertiary/aromatic N) is 2. The Balaban J connectivity index is 2.23. The van der Waals surface area contributed by atoms with Crippen molar-refractivity contribution in [1.82, 2.24) is 0 Å². The highest BCUT2D eigenvalue weighted by atomic mass is 16.3. The fourth-order valence-electron chi connectivity index (χ4n) is 1.21. The molecule has 2 rings (SSSR count). The van der Waals surface area contributed by atoms with Crippen LogP contribution in [0, 0.1) is 0 Å². The van der Waals surface area contributed by atoms with Gasteiger partial charge >= 0.3 is 0 Å². The Kier molecular flexibility index (Phi) is 1.70. The Morgan fingerprint density at radius 2 is 2.00 bits per heavy atom. The summed E-state index contributed by atoms with van der Waals surface area (Å²) in [7, 11) is 0. The summed E-state index contributed by atoms with van der Waals surface area (Å²) in [5.74, 6) is 0.293. The van der Waals surface area contributed by atoms with Crippen LogP contribution in [0.3, 0.4) is 0 Å². The highest BCUT2D eigenvalue weighted by Crippen LogP contribution is 2.20. The molecule has 0 amide bonds. The predicted molar refractivity (Wildman–Crippen MR) is 48.6 cm³/mol. The van der Waals surface area contributed by atoms with E-state index in [-0.39, 0.29) is 0 Å². The molecule has 0 radical (unpaired) electrons. The number of hydrogen-bond donors (Lipinski definition) is 1. The summed E-state index contributed by atoms with van der Waals surface area (Å²) >= 11 is 0. The first-order chi connectivity index (χ1) is 5.86. The molecule has 1 aromatic rings. The van der Waals surface area contributed by atoms with Crippen LogP contribution in [-0.4, -0.2) is 17.9 Å². The van der Waals surface area contributed by atoms with E-state index in [0.29, 0.717) is 5.75 Å². The van der Waals surface area contributed by atoms with Gasteiger partial charge in [-0.05, 0) is 24.3 Å². The number of anilines is 1. The van der Waals surface area contributed by atoms with Crippen LogP contribution < -0.4 is 5.01 Å². The standard InChI is InChI=1S/C9H10N2O/c12-9-4-2-8(3-5-9)11-7-1-6-10-11/h2-6,12H,1,7H2. The van der Waals surface area contributed by atoms with Crippen molar-refractivity contribution in [1.29, 1.82) is 0 Å². The molecule has 1 heterocycles. The van der Waals surface area contributed by atoms with E-state index in [9.17, 15) is 0 Å². The van der Waals surface area contributed by atoms with Crippen molar-refractivity contribution in [2.24, 2.45) is 5.10 Å². The van der Waals surface area contributed by atoms with E-state index in [0.717, 1.165) is 18.7 Å². The molecule has 0 saturated carbocycles. The molecular weight excluding hydrogens is 152 g/mol. The number of benzene rings is 1. The molecule has 0 aromatic heterocycles. The van der Waals surface area contributed by atoms with Crippen LogP contribution in [0.5, 0.6) is 5.75 Å². The van der Waals surface area contributed by atoms with Crippen LogP contribution in [-0.2, 0) is 0 Å². The van der Waals surface area contributed by atoms with Crippen LogP contribution in [0.4, 0.5) is 5.69 Å². The van der Waals surface area contributed by atoms with Gasteiger partial charge in [-0.25, -0.2) is 0 Å². The largest absolute Gasteiger partial charge is 0.508 e. The molecule has 1 aromatic carbocycles. The zero-order valence-electron chi connectivity index (χ0n) is 6.64. The SMILES string of the molecule is Oc1ccc(N2CCC=N2)cc1. The Bertz CT molecular complexity index is 292. The molecule has 0 atom stereocenters.